The molecule has 2 aromatic carbocycles. The van der Waals surface area contributed by atoms with Crippen molar-refractivity contribution in [1.29, 1.82) is 0 Å². The third-order valence-corrected chi connectivity index (χ3v) is 4.21. The number of carbonyl (C=O) groups excluding carboxylic acids is 3. The molecule has 1 amide bonds. The zero-order valence-electron chi connectivity index (χ0n) is 17.8. The van der Waals surface area contributed by atoms with Gasteiger partial charge in [0.15, 0.2) is 23.8 Å². The molecular weight excluding hydrogens is 416 g/mol. The summed E-state index contributed by atoms with van der Waals surface area (Å²) in [6.45, 7) is 3.15. The van der Waals surface area contributed by atoms with Gasteiger partial charge in [-0.15, -0.1) is 0 Å². The van der Waals surface area contributed by atoms with E-state index in [9.17, 15) is 14.4 Å². The van der Waals surface area contributed by atoms with Crippen molar-refractivity contribution in [2.75, 3.05) is 25.6 Å². The molecular formula is C23H22N2O7. The fourth-order valence-corrected chi connectivity index (χ4v) is 2.82. The van der Waals surface area contributed by atoms with E-state index in [-0.39, 0.29) is 30.7 Å². The van der Waals surface area contributed by atoms with Gasteiger partial charge in [0.05, 0.1) is 13.7 Å². The number of nitrogens with one attached hydrogen (secondary N) is 1. The van der Waals surface area contributed by atoms with Crippen LogP contribution >= 0.6 is 0 Å². The predicted molar refractivity (Wildman–Crippen MR) is 116 cm³/mol. The van der Waals surface area contributed by atoms with Crippen molar-refractivity contribution in [3.8, 4) is 11.5 Å². The number of amides is 1. The highest BCUT2D eigenvalue weighted by molar-refractivity contribution is 6.13. The quantitative estimate of drug-likeness (QED) is 0.498. The van der Waals surface area contributed by atoms with Gasteiger partial charge in [-0.05, 0) is 55.0 Å². The predicted octanol–water partition coefficient (Wildman–Crippen LogP) is 2.94. The summed E-state index contributed by atoms with van der Waals surface area (Å²) >= 11 is 0. The number of cyclic esters (lactones) is 1. The van der Waals surface area contributed by atoms with Gasteiger partial charge in [-0.3, -0.25) is 4.79 Å². The van der Waals surface area contributed by atoms with Crippen LogP contribution < -0.4 is 14.8 Å². The molecule has 0 spiro atoms. The maximum atomic E-state index is 12.3. The zero-order chi connectivity index (χ0) is 23.1. The molecule has 0 bridgehead atoms. The molecule has 9 heteroatoms. The van der Waals surface area contributed by atoms with Gasteiger partial charge in [0, 0.05) is 18.2 Å². The first-order valence-corrected chi connectivity index (χ1v) is 9.76. The third-order valence-electron chi connectivity index (χ3n) is 4.21. The van der Waals surface area contributed by atoms with Crippen LogP contribution in [0.3, 0.4) is 0 Å². The van der Waals surface area contributed by atoms with E-state index in [1.54, 1.807) is 55.5 Å². The molecule has 0 aliphatic carbocycles. The maximum absolute atomic E-state index is 12.3. The molecule has 32 heavy (non-hydrogen) atoms. The summed E-state index contributed by atoms with van der Waals surface area (Å²) in [5.74, 6) is -0.348. The number of aliphatic imine (C=N–C) groups is 1. The summed E-state index contributed by atoms with van der Waals surface area (Å²) in [6, 6.07) is 11.7. The number of ether oxygens (including phenoxy) is 4. The first-order valence-electron chi connectivity index (χ1n) is 9.76. The topological polar surface area (TPSA) is 113 Å². The number of nitrogens with zero attached hydrogens (tertiary/aromatic N) is 1. The third kappa shape index (κ3) is 5.72. The van der Waals surface area contributed by atoms with Crippen molar-refractivity contribution in [2.24, 2.45) is 4.99 Å². The van der Waals surface area contributed by atoms with Crippen LogP contribution in [-0.2, 0) is 23.9 Å². The highest BCUT2D eigenvalue weighted by Crippen LogP contribution is 2.30. The van der Waals surface area contributed by atoms with Gasteiger partial charge in [0.25, 0.3) is 0 Å². The fraction of sp³-hybridized carbons (Fsp3) is 0.217. The van der Waals surface area contributed by atoms with Crippen LogP contribution in [0, 0.1) is 0 Å². The van der Waals surface area contributed by atoms with Gasteiger partial charge in [0.2, 0.25) is 11.8 Å². The summed E-state index contributed by atoms with van der Waals surface area (Å²) < 4.78 is 20.8. The van der Waals surface area contributed by atoms with E-state index in [1.807, 2.05) is 0 Å². The van der Waals surface area contributed by atoms with Crippen LogP contribution in [0.5, 0.6) is 11.5 Å². The number of methoxy groups -OCH3 is 1. The Kier molecular flexibility index (Phi) is 7.22. The Balaban J connectivity index is 1.77. The first kappa shape index (κ1) is 22.5. The largest absolute Gasteiger partial charge is 0.493 e. The summed E-state index contributed by atoms with van der Waals surface area (Å²) in [5, 5.41) is 2.66. The minimum atomic E-state index is -0.590. The summed E-state index contributed by atoms with van der Waals surface area (Å²) in [7, 11) is 1.47. The van der Waals surface area contributed by atoms with Crippen LogP contribution in [0.4, 0.5) is 5.69 Å². The first-order chi connectivity index (χ1) is 15.4. The Morgan fingerprint density at radius 1 is 1.12 bits per heavy atom. The molecule has 0 aromatic heterocycles. The lowest BCUT2D eigenvalue weighted by Crippen LogP contribution is -2.14. The van der Waals surface area contributed by atoms with Gasteiger partial charge in [-0.1, -0.05) is 6.07 Å². The van der Waals surface area contributed by atoms with E-state index < -0.39 is 11.9 Å². The van der Waals surface area contributed by atoms with Crippen molar-refractivity contribution in [1.82, 2.24) is 0 Å². The van der Waals surface area contributed by atoms with Crippen LogP contribution in [0.15, 0.2) is 53.2 Å². The highest BCUT2D eigenvalue weighted by Gasteiger charge is 2.24. The van der Waals surface area contributed by atoms with Gasteiger partial charge >= 0.3 is 11.9 Å². The zero-order valence-corrected chi connectivity index (χ0v) is 17.8. The van der Waals surface area contributed by atoms with E-state index in [1.165, 1.54) is 14.0 Å². The number of hydrogen-bond donors (Lipinski definition) is 1. The molecule has 0 unspecified atom stereocenters. The Labute approximate surface area is 184 Å². The van der Waals surface area contributed by atoms with Crippen molar-refractivity contribution in [2.45, 2.75) is 13.8 Å². The van der Waals surface area contributed by atoms with Crippen molar-refractivity contribution in [3.05, 3.63) is 59.3 Å². The lowest BCUT2D eigenvalue weighted by atomic mass is 10.1. The number of anilines is 1. The monoisotopic (exact) mass is 438 g/mol. The molecule has 0 radical (unpaired) electrons. The number of benzene rings is 2. The van der Waals surface area contributed by atoms with E-state index in [0.29, 0.717) is 28.3 Å². The highest BCUT2D eigenvalue weighted by atomic mass is 16.6. The molecule has 0 fully saturated rings. The number of carbonyl (C=O) groups is 3. The van der Waals surface area contributed by atoms with Crippen molar-refractivity contribution >= 4 is 35.5 Å². The molecule has 9 nitrogen and oxygen atoms in total. The Morgan fingerprint density at radius 2 is 1.88 bits per heavy atom. The van der Waals surface area contributed by atoms with E-state index in [0.717, 1.165) is 0 Å². The molecule has 1 heterocycles. The Bertz CT molecular complexity index is 1090. The molecule has 0 atom stereocenters. The summed E-state index contributed by atoms with van der Waals surface area (Å²) in [4.78, 5) is 39.1. The normalized spacial score (nSPS) is 13.9. The second-order valence-electron chi connectivity index (χ2n) is 6.60. The van der Waals surface area contributed by atoms with Crippen LogP contribution in [0.2, 0.25) is 0 Å². The molecule has 1 aliphatic heterocycles. The lowest BCUT2D eigenvalue weighted by molar-refractivity contribution is -0.145. The maximum Gasteiger partial charge on any atom is 0.363 e. The van der Waals surface area contributed by atoms with Gasteiger partial charge in [0.1, 0.15) is 0 Å². The molecule has 2 aromatic rings. The van der Waals surface area contributed by atoms with E-state index in [2.05, 4.69) is 10.3 Å². The van der Waals surface area contributed by atoms with Crippen LogP contribution in [0.25, 0.3) is 6.08 Å². The second-order valence-corrected chi connectivity index (χ2v) is 6.60. The molecule has 1 aliphatic rings. The average Bonchev–Trinajstić information content (AvgIpc) is 3.13. The molecule has 0 saturated heterocycles. The van der Waals surface area contributed by atoms with Gasteiger partial charge in [-0.2, -0.15) is 0 Å². The molecule has 166 valence electrons. The van der Waals surface area contributed by atoms with Gasteiger partial charge in [-0.25, -0.2) is 14.6 Å². The lowest BCUT2D eigenvalue weighted by Gasteiger charge is -2.10. The summed E-state index contributed by atoms with van der Waals surface area (Å²) in [6.07, 6.45) is 1.55. The number of esters is 2. The SMILES string of the molecule is CCOC(=O)COc1ccc(/C=C2\N=C(c3ccc(NC(C)=O)cc3)OC2=O)cc1OC. The van der Waals surface area contributed by atoms with E-state index >= 15 is 0 Å². The molecule has 1 N–H and O–H groups in total. The number of hydrogen-bond acceptors (Lipinski definition) is 8. The summed E-state index contributed by atoms with van der Waals surface area (Å²) in [5.41, 5.74) is 1.96. The Morgan fingerprint density at radius 3 is 2.53 bits per heavy atom. The Hall–Kier alpha value is -4.14. The van der Waals surface area contributed by atoms with Crippen LogP contribution in [-0.4, -0.2) is 44.1 Å². The van der Waals surface area contributed by atoms with Crippen molar-refractivity contribution < 1.29 is 33.3 Å². The molecule has 3 rings (SSSR count). The van der Waals surface area contributed by atoms with Crippen molar-refractivity contribution in [3.63, 3.8) is 0 Å². The minimum Gasteiger partial charge on any atom is -0.493 e. The van der Waals surface area contributed by atoms with Gasteiger partial charge < -0.3 is 24.3 Å². The molecule has 0 saturated carbocycles. The second kappa shape index (κ2) is 10.3. The minimum absolute atomic E-state index is 0.119. The smallest absolute Gasteiger partial charge is 0.363 e. The van der Waals surface area contributed by atoms with Crippen LogP contribution in [0.1, 0.15) is 25.0 Å². The average molecular weight is 438 g/mol. The van der Waals surface area contributed by atoms with E-state index in [4.69, 9.17) is 18.9 Å². The standard InChI is InChI=1S/C23H22N2O7/c1-4-30-21(27)13-31-19-10-5-15(12-20(19)29-3)11-18-23(28)32-22(25-18)16-6-8-17(9-7-16)24-14(2)26/h5-12H,4,13H2,1-3H3,(H,24,26)/b18-11-. The fourth-order valence-electron chi connectivity index (χ4n) is 2.82. The number of rotatable bonds is 8.